The summed E-state index contributed by atoms with van der Waals surface area (Å²) < 4.78 is 10.00. The van der Waals surface area contributed by atoms with E-state index in [1.165, 1.54) is 0 Å². The first-order valence-electron chi connectivity index (χ1n) is 7.14. The minimum atomic E-state index is -0.173. The van der Waals surface area contributed by atoms with Crippen LogP contribution >= 0.6 is 0 Å². The summed E-state index contributed by atoms with van der Waals surface area (Å²) in [6.45, 7) is 7.93. The average molecular weight is 271 g/mol. The van der Waals surface area contributed by atoms with E-state index in [9.17, 15) is 9.59 Å². The van der Waals surface area contributed by atoms with Crippen LogP contribution in [0.5, 0.6) is 0 Å². The number of ether oxygens (including phenoxy) is 2. The Labute approximate surface area is 115 Å². The molecule has 0 bridgehead atoms. The van der Waals surface area contributed by atoms with E-state index in [0.717, 1.165) is 12.8 Å². The van der Waals surface area contributed by atoms with E-state index in [2.05, 4.69) is 11.8 Å². The molecule has 1 saturated heterocycles. The van der Waals surface area contributed by atoms with Crippen molar-refractivity contribution in [1.82, 2.24) is 4.90 Å². The number of nitrogens with zero attached hydrogens (tertiary/aromatic N) is 1. The van der Waals surface area contributed by atoms with Crippen LogP contribution in [0.3, 0.4) is 0 Å². The first kappa shape index (κ1) is 16.0. The second kappa shape index (κ2) is 8.15. The molecule has 5 nitrogen and oxygen atoms in total. The Balaban J connectivity index is 2.42. The maximum Gasteiger partial charge on any atom is 0.310 e. The van der Waals surface area contributed by atoms with Crippen LogP contribution in [0, 0.1) is 5.92 Å². The van der Waals surface area contributed by atoms with Crippen molar-refractivity contribution in [1.29, 1.82) is 0 Å². The zero-order valence-corrected chi connectivity index (χ0v) is 12.2. The summed E-state index contributed by atoms with van der Waals surface area (Å²) in [6.07, 6.45) is 2.22. The van der Waals surface area contributed by atoms with Crippen molar-refractivity contribution in [3.05, 3.63) is 0 Å². The van der Waals surface area contributed by atoms with Crippen LogP contribution in [0.15, 0.2) is 0 Å². The van der Waals surface area contributed by atoms with Gasteiger partial charge in [0, 0.05) is 19.1 Å². The van der Waals surface area contributed by atoms with Crippen LogP contribution in [0.25, 0.3) is 0 Å². The molecule has 0 saturated carbocycles. The fraction of sp³-hybridized carbons (Fsp3) is 0.857. The Kier molecular flexibility index (Phi) is 6.84. The Morgan fingerprint density at radius 2 is 1.84 bits per heavy atom. The predicted molar refractivity (Wildman–Crippen MR) is 71.6 cm³/mol. The lowest BCUT2D eigenvalue weighted by atomic mass is 9.93. The SMILES string of the molecule is CCOC(=O)CCN1C[C@@H](C(=O)OCC)CC[C@@H]1C. The van der Waals surface area contributed by atoms with Gasteiger partial charge in [-0.3, -0.25) is 14.5 Å². The topological polar surface area (TPSA) is 55.8 Å². The summed E-state index contributed by atoms with van der Waals surface area (Å²) in [5.41, 5.74) is 0. The molecule has 1 aliphatic rings. The van der Waals surface area contributed by atoms with Gasteiger partial charge in [-0.2, -0.15) is 0 Å². The second-order valence-electron chi connectivity index (χ2n) is 4.93. The monoisotopic (exact) mass is 271 g/mol. The third-order valence-corrected chi connectivity index (χ3v) is 3.54. The van der Waals surface area contributed by atoms with E-state index in [1.54, 1.807) is 6.92 Å². The molecule has 0 aliphatic carbocycles. The normalized spacial score (nSPS) is 23.9. The summed E-state index contributed by atoms with van der Waals surface area (Å²) in [5, 5.41) is 0. The number of hydrogen-bond acceptors (Lipinski definition) is 5. The number of rotatable bonds is 6. The molecular formula is C14H25NO4. The van der Waals surface area contributed by atoms with Gasteiger partial charge in [-0.15, -0.1) is 0 Å². The molecule has 1 fully saturated rings. The maximum absolute atomic E-state index is 11.8. The lowest BCUT2D eigenvalue weighted by Gasteiger charge is -2.36. The molecule has 1 rings (SSSR count). The third-order valence-electron chi connectivity index (χ3n) is 3.54. The van der Waals surface area contributed by atoms with E-state index in [0.29, 0.717) is 38.8 Å². The largest absolute Gasteiger partial charge is 0.466 e. The zero-order chi connectivity index (χ0) is 14.3. The van der Waals surface area contributed by atoms with Crippen molar-refractivity contribution in [2.24, 2.45) is 5.92 Å². The summed E-state index contributed by atoms with van der Waals surface area (Å²) in [6, 6.07) is 0.403. The van der Waals surface area contributed by atoms with E-state index in [4.69, 9.17) is 9.47 Å². The second-order valence-corrected chi connectivity index (χ2v) is 4.93. The lowest BCUT2D eigenvalue weighted by molar-refractivity contribution is -0.150. The van der Waals surface area contributed by atoms with Gasteiger partial charge in [0.15, 0.2) is 0 Å². The Bertz CT molecular complexity index is 306. The molecule has 0 aromatic rings. The third kappa shape index (κ3) is 5.19. The van der Waals surface area contributed by atoms with Gasteiger partial charge in [-0.25, -0.2) is 0 Å². The molecule has 0 spiro atoms. The fourth-order valence-corrected chi connectivity index (χ4v) is 2.41. The van der Waals surface area contributed by atoms with Gasteiger partial charge in [0.25, 0.3) is 0 Å². The first-order chi connectivity index (χ1) is 9.08. The quantitative estimate of drug-likeness (QED) is 0.687. The minimum Gasteiger partial charge on any atom is -0.466 e. The average Bonchev–Trinajstić information content (AvgIpc) is 2.38. The highest BCUT2D eigenvalue weighted by Gasteiger charge is 2.30. The molecule has 0 N–H and O–H groups in total. The molecule has 19 heavy (non-hydrogen) atoms. The van der Waals surface area contributed by atoms with Crippen LogP contribution in [-0.4, -0.2) is 49.2 Å². The molecular weight excluding hydrogens is 246 g/mol. The first-order valence-corrected chi connectivity index (χ1v) is 7.14. The van der Waals surface area contributed by atoms with E-state index in [1.807, 2.05) is 6.92 Å². The predicted octanol–water partition coefficient (Wildman–Crippen LogP) is 1.60. The van der Waals surface area contributed by atoms with Crippen molar-refractivity contribution in [2.45, 2.75) is 46.1 Å². The van der Waals surface area contributed by atoms with Crippen LogP contribution < -0.4 is 0 Å². The Hall–Kier alpha value is -1.10. The molecule has 0 amide bonds. The van der Waals surface area contributed by atoms with Crippen LogP contribution in [-0.2, 0) is 19.1 Å². The number of hydrogen-bond donors (Lipinski definition) is 0. The molecule has 1 heterocycles. The minimum absolute atomic E-state index is 0.0571. The van der Waals surface area contributed by atoms with Gasteiger partial charge in [-0.05, 0) is 33.6 Å². The standard InChI is InChI=1S/C14H25NO4/c1-4-18-13(16)8-9-15-10-12(7-6-11(15)3)14(17)19-5-2/h11-12H,4-10H2,1-3H3/t11-,12-/m0/s1. The lowest BCUT2D eigenvalue weighted by Crippen LogP contribution is -2.45. The molecule has 0 aromatic carbocycles. The van der Waals surface area contributed by atoms with Gasteiger partial charge >= 0.3 is 11.9 Å². The highest BCUT2D eigenvalue weighted by molar-refractivity contribution is 5.73. The van der Waals surface area contributed by atoms with E-state index < -0.39 is 0 Å². The molecule has 0 radical (unpaired) electrons. The highest BCUT2D eigenvalue weighted by atomic mass is 16.5. The van der Waals surface area contributed by atoms with Gasteiger partial charge < -0.3 is 9.47 Å². The van der Waals surface area contributed by atoms with Gasteiger partial charge in [0.1, 0.15) is 0 Å². The van der Waals surface area contributed by atoms with Crippen molar-refractivity contribution < 1.29 is 19.1 Å². The number of carbonyl (C=O) groups is 2. The molecule has 5 heteroatoms. The summed E-state index contributed by atoms with van der Waals surface area (Å²) in [7, 11) is 0. The molecule has 1 aliphatic heterocycles. The van der Waals surface area contributed by atoms with Crippen molar-refractivity contribution >= 4 is 11.9 Å². The smallest absolute Gasteiger partial charge is 0.310 e. The molecule has 110 valence electrons. The van der Waals surface area contributed by atoms with E-state index >= 15 is 0 Å². The van der Waals surface area contributed by atoms with Crippen molar-refractivity contribution in [3.63, 3.8) is 0 Å². The van der Waals surface area contributed by atoms with Gasteiger partial charge in [-0.1, -0.05) is 0 Å². The van der Waals surface area contributed by atoms with Crippen LogP contribution in [0.1, 0.15) is 40.0 Å². The van der Waals surface area contributed by atoms with Gasteiger partial charge in [0.05, 0.1) is 25.6 Å². The number of carbonyl (C=O) groups excluding carboxylic acids is 2. The number of esters is 2. The molecule has 0 aromatic heterocycles. The molecule has 2 atom stereocenters. The maximum atomic E-state index is 11.8. The van der Waals surface area contributed by atoms with Crippen LogP contribution in [0.2, 0.25) is 0 Å². The zero-order valence-electron chi connectivity index (χ0n) is 12.2. The summed E-state index contributed by atoms with van der Waals surface area (Å²) in [4.78, 5) is 25.3. The van der Waals surface area contributed by atoms with Crippen LogP contribution in [0.4, 0.5) is 0 Å². The molecule has 0 unspecified atom stereocenters. The number of piperidine rings is 1. The van der Waals surface area contributed by atoms with Crippen molar-refractivity contribution in [3.8, 4) is 0 Å². The number of likely N-dealkylation sites (tertiary alicyclic amines) is 1. The summed E-state index contributed by atoms with van der Waals surface area (Å²) >= 11 is 0. The van der Waals surface area contributed by atoms with Crippen molar-refractivity contribution in [2.75, 3.05) is 26.3 Å². The van der Waals surface area contributed by atoms with E-state index in [-0.39, 0.29) is 17.9 Å². The Morgan fingerprint density at radius 3 is 2.47 bits per heavy atom. The highest BCUT2D eigenvalue weighted by Crippen LogP contribution is 2.23. The van der Waals surface area contributed by atoms with Gasteiger partial charge in [0.2, 0.25) is 0 Å². The summed E-state index contributed by atoms with van der Waals surface area (Å²) in [5.74, 6) is -0.346. The fourth-order valence-electron chi connectivity index (χ4n) is 2.41. The Morgan fingerprint density at radius 1 is 1.16 bits per heavy atom.